The summed E-state index contributed by atoms with van der Waals surface area (Å²) in [5.41, 5.74) is 1.90. The van der Waals surface area contributed by atoms with Gasteiger partial charge < -0.3 is 10.1 Å². The van der Waals surface area contributed by atoms with Crippen molar-refractivity contribution in [2.24, 2.45) is 0 Å². The fraction of sp³-hybridized carbons (Fsp3) is 0.133. The summed E-state index contributed by atoms with van der Waals surface area (Å²) in [5, 5.41) is 3.16. The van der Waals surface area contributed by atoms with Gasteiger partial charge in [0.2, 0.25) is 5.88 Å². The molecule has 0 bridgehead atoms. The third-order valence-electron chi connectivity index (χ3n) is 2.96. The molecule has 0 spiro atoms. The number of rotatable bonds is 4. The van der Waals surface area contributed by atoms with Gasteiger partial charge in [-0.25, -0.2) is 0 Å². The van der Waals surface area contributed by atoms with Gasteiger partial charge in [-0.3, -0.25) is 4.40 Å². The van der Waals surface area contributed by atoms with Crippen LogP contribution in [0.4, 0.5) is 0 Å². The number of pyridine rings is 1. The fourth-order valence-corrected chi connectivity index (χ4v) is 2.41. The second-order valence-electron chi connectivity index (χ2n) is 4.38. The maximum atomic E-state index is 5.93. The predicted molar refractivity (Wildman–Crippen MR) is 87.2 cm³/mol. The van der Waals surface area contributed by atoms with Crippen LogP contribution in [-0.4, -0.2) is 16.4 Å². The standard InChI is InChI=1S/C15H14IN3O/c1-17-10-13-15(18-14-4-2-3-9-19(13)14)20-12-7-5-11(16)6-8-12/h2-9,17H,10H2,1H3. The van der Waals surface area contributed by atoms with Gasteiger partial charge in [0.25, 0.3) is 0 Å². The Bertz CT molecular complexity index is 722. The molecule has 0 aliphatic rings. The Hall–Kier alpha value is -1.60. The lowest BCUT2D eigenvalue weighted by molar-refractivity contribution is 0.457. The molecule has 1 N–H and O–H groups in total. The van der Waals surface area contributed by atoms with Crippen LogP contribution in [0.3, 0.4) is 0 Å². The number of benzene rings is 1. The zero-order chi connectivity index (χ0) is 13.9. The van der Waals surface area contributed by atoms with E-state index in [1.54, 1.807) is 0 Å². The second kappa shape index (κ2) is 5.80. The number of hydrogen-bond acceptors (Lipinski definition) is 3. The third kappa shape index (κ3) is 2.64. The highest BCUT2D eigenvalue weighted by Crippen LogP contribution is 2.26. The van der Waals surface area contributed by atoms with Crippen LogP contribution in [0.25, 0.3) is 5.65 Å². The lowest BCUT2D eigenvalue weighted by atomic mass is 10.3. The molecule has 5 heteroatoms. The largest absolute Gasteiger partial charge is 0.437 e. The van der Waals surface area contributed by atoms with Gasteiger partial charge in [0.1, 0.15) is 17.1 Å². The first kappa shape index (κ1) is 13.4. The lowest BCUT2D eigenvalue weighted by Gasteiger charge is -2.06. The van der Waals surface area contributed by atoms with E-state index >= 15 is 0 Å². The Labute approximate surface area is 130 Å². The summed E-state index contributed by atoms with van der Waals surface area (Å²) in [6.45, 7) is 0.699. The van der Waals surface area contributed by atoms with Gasteiger partial charge in [0.05, 0.1) is 0 Å². The van der Waals surface area contributed by atoms with E-state index in [0.717, 1.165) is 17.1 Å². The molecule has 0 saturated heterocycles. The van der Waals surface area contributed by atoms with Crippen molar-refractivity contribution in [3.05, 3.63) is 57.9 Å². The Morgan fingerprint density at radius 2 is 2.00 bits per heavy atom. The fourth-order valence-electron chi connectivity index (χ4n) is 2.05. The maximum absolute atomic E-state index is 5.93. The first-order valence-corrected chi connectivity index (χ1v) is 7.40. The number of nitrogens with one attached hydrogen (secondary N) is 1. The second-order valence-corrected chi connectivity index (χ2v) is 5.62. The number of ether oxygens (including phenoxy) is 1. The van der Waals surface area contributed by atoms with Crippen molar-refractivity contribution in [1.82, 2.24) is 14.7 Å². The minimum Gasteiger partial charge on any atom is -0.437 e. The average molecular weight is 379 g/mol. The van der Waals surface area contributed by atoms with E-state index in [-0.39, 0.29) is 0 Å². The summed E-state index contributed by atoms with van der Waals surface area (Å²) >= 11 is 2.27. The van der Waals surface area contributed by atoms with E-state index in [1.165, 1.54) is 3.57 Å². The molecule has 102 valence electrons. The van der Waals surface area contributed by atoms with Crippen LogP contribution in [-0.2, 0) is 6.54 Å². The van der Waals surface area contributed by atoms with Gasteiger partial charge in [-0.2, -0.15) is 4.98 Å². The average Bonchev–Trinajstić information content (AvgIpc) is 2.80. The smallest absolute Gasteiger partial charge is 0.242 e. The molecule has 2 aromatic heterocycles. The van der Waals surface area contributed by atoms with Crippen molar-refractivity contribution in [3.8, 4) is 11.6 Å². The molecule has 0 atom stereocenters. The van der Waals surface area contributed by atoms with Crippen LogP contribution < -0.4 is 10.1 Å². The SMILES string of the molecule is CNCc1c(Oc2ccc(I)cc2)nc2ccccn12. The van der Waals surface area contributed by atoms with E-state index in [9.17, 15) is 0 Å². The quantitative estimate of drug-likeness (QED) is 0.706. The molecule has 0 radical (unpaired) electrons. The summed E-state index contributed by atoms with van der Waals surface area (Å²) in [4.78, 5) is 4.55. The summed E-state index contributed by atoms with van der Waals surface area (Å²) in [7, 11) is 1.91. The molecular weight excluding hydrogens is 365 g/mol. The number of fused-ring (bicyclic) bond motifs is 1. The summed E-state index contributed by atoms with van der Waals surface area (Å²) in [6.07, 6.45) is 2.00. The molecule has 20 heavy (non-hydrogen) atoms. The Morgan fingerprint density at radius 3 is 2.75 bits per heavy atom. The van der Waals surface area contributed by atoms with Crippen LogP contribution >= 0.6 is 22.6 Å². The van der Waals surface area contributed by atoms with E-state index in [1.807, 2.05) is 60.1 Å². The number of hydrogen-bond donors (Lipinski definition) is 1. The van der Waals surface area contributed by atoms with Crippen LogP contribution in [0, 0.1) is 3.57 Å². The van der Waals surface area contributed by atoms with Crippen LogP contribution in [0.1, 0.15) is 5.69 Å². The molecule has 0 fully saturated rings. The summed E-state index contributed by atoms with van der Waals surface area (Å²) in [5.74, 6) is 1.44. The van der Waals surface area contributed by atoms with Crippen molar-refractivity contribution in [1.29, 1.82) is 0 Å². The molecule has 1 aromatic carbocycles. The minimum absolute atomic E-state index is 0.645. The van der Waals surface area contributed by atoms with Gasteiger partial charge in [-0.05, 0) is 66.0 Å². The molecule has 0 saturated carbocycles. The van der Waals surface area contributed by atoms with Gasteiger partial charge in [0.15, 0.2) is 0 Å². The molecule has 0 unspecified atom stereocenters. The molecule has 2 heterocycles. The maximum Gasteiger partial charge on any atom is 0.242 e. The van der Waals surface area contributed by atoms with Gasteiger partial charge in [0, 0.05) is 16.3 Å². The third-order valence-corrected chi connectivity index (χ3v) is 3.68. The topological polar surface area (TPSA) is 38.6 Å². The van der Waals surface area contributed by atoms with Crippen LogP contribution in [0.2, 0.25) is 0 Å². The van der Waals surface area contributed by atoms with E-state index in [2.05, 4.69) is 32.9 Å². The van der Waals surface area contributed by atoms with Gasteiger partial charge >= 0.3 is 0 Å². The predicted octanol–water partition coefficient (Wildman–Crippen LogP) is 3.45. The van der Waals surface area contributed by atoms with Gasteiger partial charge in [-0.1, -0.05) is 6.07 Å². The minimum atomic E-state index is 0.645. The Balaban J connectivity index is 2.01. The monoisotopic (exact) mass is 379 g/mol. The van der Waals surface area contributed by atoms with Crippen molar-refractivity contribution >= 4 is 28.2 Å². The zero-order valence-corrected chi connectivity index (χ0v) is 13.2. The van der Waals surface area contributed by atoms with Crippen molar-refractivity contribution in [3.63, 3.8) is 0 Å². The zero-order valence-electron chi connectivity index (χ0n) is 11.0. The summed E-state index contributed by atoms with van der Waals surface area (Å²) < 4.78 is 9.15. The molecule has 4 nitrogen and oxygen atoms in total. The van der Waals surface area contributed by atoms with Crippen molar-refractivity contribution in [2.75, 3.05) is 7.05 Å². The number of aromatic nitrogens is 2. The first-order chi connectivity index (χ1) is 9.78. The Morgan fingerprint density at radius 1 is 1.20 bits per heavy atom. The molecule has 0 aliphatic carbocycles. The number of imidazole rings is 1. The van der Waals surface area contributed by atoms with E-state index in [4.69, 9.17) is 4.74 Å². The van der Waals surface area contributed by atoms with E-state index < -0.39 is 0 Å². The van der Waals surface area contributed by atoms with Crippen LogP contribution in [0.15, 0.2) is 48.7 Å². The molecule has 0 aliphatic heterocycles. The van der Waals surface area contributed by atoms with E-state index in [0.29, 0.717) is 12.4 Å². The van der Waals surface area contributed by atoms with Crippen LogP contribution in [0.5, 0.6) is 11.6 Å². The molecule has 3 rings (SSSR count). The molecule has 3 aromatic rings. The number of halogens is 1. The normalized spacial score (nSPS) is 10.9. The summed E-state index contributed by atoms with van der Waals surface area (Å²) in [6, 6.07) is 13.9. The molecular formula is C15H14IN3O. The molecule has 0 amide bonds. The highest BCUT2D eigenvalue weighted by atomic mass is 127. The number of nitrogens with zero attached hydrogens (tertiary/aromatic N) is 2. The van der Waals surface area contributed by atoms with Gasteiger partial charge in [-0.15, -0.1) is 0 Å². The van der Waals surface area contributed by atoms with Crippen molar-refractivity contribution < 1.29 is 4.74 Å². The Kier molecular flexibility index (Phi) is 3.88. The highest BCUT2D eigenvalue weighted by molar-refractivity contribution is 14.1. The first-order valence-electron chi connectivity index (χ1n) is 6.32. The lowest BCUT2D eigenvalue weighted by Crippen LogP contribution is -2.08. The van der Waals surface area contributed by atoms with Crippen molar-refractivity contribution in [2.45, 2.75) is 6.54 Å². The highest BCUT2D eigenvalue weighted by Gasteiger charge is 2.13.